The van der Waals surface area contributed by atoms with E-state index >= 15 is 0 Å². The van der Waals surface area contributed by atoms with Gasteiger partial charge >= 0.3 is 12.1 Å². The van der Waals surface area contributed by atoms with Crippen LogP contribution in [-0.4, -0.2) is 30.3 Å². The number of carbonyl (C=O) groups is 2. The van der Waals surface area contributed by atoms with Gasteiger partial charge in [0, 0.05) is 6.42 Å². The van der Waals surface area contributed by atoms with Gasteiger partial charge in [-0.2, -0.15) is 5.26 Å². The number of carbonyl (C=O) groups excluding carboxylic acids is 2. The summed E-state index contributed by atoms with van der Waals surface area (Å²) in [5.74, 6) is -0.0156. The number of hydrogen-bond donors (Lipinski definition) is 1. The second kappa shape index (κ2) is 10.9. The normalized spacial score (nSPS) is 11.7. The van der Waals surface area contributed by atoms with Gasteiger partial charge in [0.05, 0.1) is 0 Å². The van der Waals surface area contributed by atoms with E-state index in [0.717, 1.165) is 11.1 Å². The van der Waals surface area contributed by atoms with E-state index in [4.69, 9.17) is 19.5 Å². The minimum Gasteiger partial charge on any atom is -0.479 e. The predicted octanol–water partition coefficient (Wildman–Crippen LogP) is 3.77. The van der Waals surface area contributed by atoms with Crippen LogP contribution in [0.3, 0.4) is 0 Å². The van der Waals surface area contributed by atoms with Gasteiger partial charge in [0.25, 0.3) is 0 Å². The molecule has 2 aromatic rings. The number of benzene rings is 2. The smallest absolute Gasteiger partial charge is 0.408 e. The quantitative estimate of drug-likeness (QED) is 0.666. The Hall–Kier alpha value is -3.53. The van der Waals surface area contributed by atoms with Crippen molar-refractivity contribution in [3.63, 3.8) is 0 Å². The molecule has 30 heavy (non-hydrogen) atoms. The van der Waals surface area contributed by atoms with E-state index in [0.29, 0.717) is 5.75 Å². The Labute approximate surface area is 176 Å². The van der Waals surface area contributed by atoms with Gasteiger partial charge < -0.3 is 19.5 Å². The summed E-state index contributed by atoms with van der Waals surface area (Å²) >= 11 is 0. The molecule has 1 amide bonds. The summed E-state index contributed by atoms with van der Waals surface area (Å²) in [6, 6.07) is 17.2. The summed E-state index contributed by atoms with van der Waals surface area (Å²) in [5, 5.41) is 11.2. The molecule has 2 aromatic carbocycles. The van der Waals surface area contributed by atoms with Crippen molar-refractivity contribution in [2.45, 2.75) is 45.4 Å². The Bertz CT molecular complexity index is 867. The summed E-state index contributed by atoms with van der Waals surface area (Å²) in [6.07, 6.45) is -0.482. The fourth-order valence-corrected chi connectivity index (χ4v) is 2.55. The molecule has 0 fully saturated rings. The molecule has 0 saturated heterocycles. The van der Waals surface area contributed by atoms with Gasteiger partial charge in [-0.05, 0) is 44.0 Å². The second-order valence-corrected chi connectivity index (χ2v) is 7.59. The van der Waals surface area contributed by atoms with E-state index in [1.165, 1.54) is 0 Å². The highest BCUT2D eigenvalue weighted by molar-refractivity contribution is 5.81. The summed E-state index contributed by atoms with van der Waals surface area (Å²) < 4.78 is 15.9. The molecule has 7 heteroatoms. The molecule has 0 heterocycles. The van der Waals surface area contributed by atoms with Gasteiger partial charge in [0.1, 0.15) is 30.1 Å². The highest BCUT2D eigenvalue weighted by atomic mass is 16.6. The number of nitrogens with one attached hydrogen (secondary N) is 1. The van der Waals surface area contributed by atoms with E-state index in [1.54, 1.807) is 45.0 Å². The third kappa shape index (κ3) is 8.23. The maximum absolute atomic E-state index is 12.7. The molecule has 0 aliphatic rings. The topological polar surface area (TPSA) is 97.6 Å². The second-order valence-electron chi connectivity index (χ2n) is 7.59. The summed E-state index contributed by atoms with van der Waals surface area (Å²) in [5.41, 5.74) is 0.945. The van der Waals surface area contributed by atoms with Crippen LogP contribution in [0.25, 0.3) is 0 Å². The zero-order valence-corrected chi connectivity index (χ0v) is 17.4. The van der Waals surface area contributed by atoms with Crippen molar-refractivity contribution >= 4 is 12.1 Å². The Morgan fingerprint density at radius 3 is 2.30 bits per heavy atom. The van der Waals surface area contributed by atoms with Crippen LogP contribution in [0.2, 0.25) is 0 Å². The summed E-state index contributed by atoms with van der Waals surface area (Å²) in [6.45, 7) is 5.29. The molecule has 7 nitrogen and oxygen atoms in total. The van der Waals surface area contributed by atoms with E-state index in [1.807, 2.05) is 36.4 Å². The zero-order chi connectivity index (χ0) is 22.0. The first kappa shape index (κ1) is 22.8. The monoisotopic (exact) mass is 410 g/mol. The van der Waals surface area contributed by atoms with Crippen molar-refractivity contribution in [3.8, 4) is 11.8 Å². The lowest BCUT2D eigenvalue weighted by Crippen LogP contribution is -2.45. The summed E-state index contributed by atoms with van der Waals surface area (Å²) in [7, 11) is 0. The minimum atomic E-state index is -0.922. The number of nitrogens with zero attached hydrogens (tertiary/aromatic N) is 1. The molecule has 0 aliphatic heterocycles. The molecular formula is C23H26N2O5. The minimum absolute atomic E-state index is 0.0476. The highest BCUT2D eigenvalue weighted by Gasteiger charge is 2.26. The zero-order valence-electron chi connectivity index (χ0n) is 17.4. The van der Waals surface area contributed by atoms with Crippen LogP contribution in [0, 0.1) is 11.3 Å². The molecule has 0 saturated carbocycles. The van der Waals surface area contributed by atoms with Gasteiger partial charge in [-0.1, -0.05) is 42.5 Å². The van der Waals surface area contributed by atoms with Crippen LogP contribution in [0.1, 0.15) is 31.9 Å². The maximum atomic E-state index is 12.7. The molecule has 0 bridgehead atoms. The third-order valence-corrected chi connectivity index (χ3v) is 3.87. The van der Waals surface area contributed by atoms with Crippen molar-refractivity contribution in [2.24, 2.45) is 0 Å². The number of esters is 1. The molecular weight excluding hydrogens is 384 g/mol. The summed E-state index contributed by atoms with van der Waals surface area (Å²) in [4.78, 5) is 24.9. The number of amides is 1. The van der Waals surface area contributed by atoms with Crippen LogP contribution in [-0.2, 0) is 27.3 Å². The van der Waals surface area contributed by atoms with Gasteiger partial charge in [0.15, 0.2) is 6.61 Å². The average Bonchev–Trinajstić information content (AvgIpc) is 2.70. The van der Waals surface area contributed by atoms with Crippen molar-refractivity contribution in [1.82, 2.24) is 5.32 Å². The lowest BCUT2D eigenvalue weighted by molar-refractivity contribution is -0.147. The lowest BCUT2D eigenvalue weighted by Gasteiger charge is -2.23. The van der Waals surface area contributed by atoms with E-state index in [-0.39, 0.29) is 19.6 Å². The molecule has 0 unspecified atom stereocenters. The largest absolute Gasteiger partial charge is 0.479 e. The van der Waals surface area contributed by atoms with E-state index < -0.39 is 23.7 Å². The standard InChI is InChI=1S/C23H26N2O5/c1-23(2,3)30-22(27)25-20(21(26)29-16-18-7-5-4-6-8-18)15-17-9-11-19(12-10-17)28-14-13-24/h4-12,20H,14-16H2,1-3H3,(H,25,27)/t20-/m1/s1. The molecule has 2 rings (SSSR count). The molecule has 0 radical (unpaired) electrons. The Morgan fingerprint density at radius 2 is 1.70 bits per heavy atom. The van der Waals surface area contributed by atoms with Crippen LogP contribution < -0.4 is 10.1 Å². The molecule has 0 aliphatic carbocycles. The fraction of sp³-hybridized carbons (Fsp3) is 0.348. The van der Waals surface area contributed by atoms with Crippen molar-refractivity contribution in [3.05, 3.63) is 65.7 Å². The Balaban J connectivity index is 2.06. The van der Waals surface area contributed by atoms with E-state index in [2.05, 4.69) is 5.32 Å². The first-order valence-electron chi connectivity index (χ1n) is 9.55. The Morgan fingerprint density at radius 1 is 1.03 bits per heavy atom. The number of alkyl carbamates (subject to hydrolysis) is 1. The van der Waals surface area contributed by atoms with Crippen LogP contribution in [0.4, 0.5) is 4.79 Å². The SMILES string of the molecule is CC(C)(C)OC(=O)N[C@H](Cc1ccc(OCC#N)cc1)C(=O)OCc1ccccc1. The van der Waals surface area contributed by atoms with Crippen LogP contribution in [0.15, 0.2) is 54.6 Å². The number of rotatable bonds is 8. The number of ether oxygens (including phenoxy) is 3. The first-order chi connectivity index (χ1) is 14.3. The lowest BCUT2D eigenvalue weighted by atomic mass is 10.1. The van der Waals surface area contributed by atoms with Crippen molar-refractivity contribution in [2.75, 3.05) is 6.61 Å². The molecule has 1 atom stereocenters. The maximum Gasteiger partial charge on any atom is 0.408 e. The highest BCUT2D eigenvalue weighted by Crippen LogP contribution is 2.15. The van der Waals surface area contributed by atoms with Gasteiger partial charge in [-0.15, -0.1) is 0 Å². The van der Waals surface area contributed by atoms with Crippen LogP contribution in [0.5, 0.6) is 5.75 Å². The van der Waals surface area contributed by atoms with E-state index in [9.17, 15) is 9.59 Å². The predicted molar refractivity (Wildman–Crippen MR) is 111 cm³/mol. The fourth-order valence-electron chi connectivity index (χ4n) is 2.55. The molecule has 0 aromatic heterocycles. The molecule has 1 N–H and O–H groups in total. The van der Waals surface area contributed by atoms with Gasteiger partial charge in [0.2, 0.25) is 0 Å². The number of nitriles is 1. The van der Waals surface area contributed by atoms with Gasteiger partial charge in [-0.25, -0.2) is 9.59 Å². The third-order valence-electron chi connectivity index (χ3n) is 3.87. The van der Waals surface area contributed by atoms with Crippen molar-refractivity contribution < 1.29 is 23.8 Å². The number of hydrogen-bond acceptors (Lipinski definition) is 6. The first-order valence-corrected chi connectivity index (χ1v) is 9.55. The van der Waals surface area contributed by atoms with Gasteiger partial charge in [-0.3, -0.25) is 0 Å². The average molecular weight is 410 g/mol. The Kier molecular flexibility index (Phi) is 8.24. The van der Waals surface area contributed by atoms with Crippen molar-refractivity contribution in [1.29, 1.82) is 5.26 Å². The molecule has 0 spiro atoms. The molecule has 158 valence electrons. The van der Waals surface area contributed by atoms with Crippen LogP contribution >= 0.6 is 0 Å².